The average molecular weight is 468 g/mol. The number of hydrogen-bond donors (Lipinski definition) is 4. The number of hydrogen-bond acceptors (Lipinski definition) is 5. The van der Waals surface area contributed by atoms with Crippen LogP contribution in [0.1, 0.15) is 32.3 Å². The lowest BCUT2D eigenvalue weighted by molar-refractivity contribution is -0.130. The van der Waals surface area contributed by atoms with Crippen LogP contribution in [0.25, 0.3) is 0 Å². The molecule has 2 fully saturated rings. The van der Waals surface area contributed by atoms with E-state index in [0.717, 1.165) is 25.9 Å². The van der Waals surface area contributed by atoms with Crippen molar-refractivity contribution in [3.8, 4) is 0 Å². The van der Waals surface area contributed by atoms with Gasteiger partial charge in [0.25, 0.3) is 5.91 Å². The number of benzene rings is 1. The first-order valence-corrected chi connectivity index (χ1v) is 11.5. The van der Waals surface area contributed by atoms with Crippen LogP contribution in [0.2, 0.25) is 0 Å². The number of para-hydroxylation sites is 1. The van der Waals surface area contributed by atoms with Gasteiger partial charge in [0.15, 0.2) is 0 Å². The first kappa shape index (κ1) is 23.8. The van der Waals surface area contributed by atoms with E-state index in [0.29, 0.717) is 23.7 Å². The van der Waals surface area contributed by atoms with Gasteiger partial charge in [-0.05, 0) is 24.3 Å². The van der Waals surface area contributed by atoms with E-state index in [-0.39, 0.29) is 36.0 Å². The fourth-order valence-corrected chi connectivity index (χ4v) is 5.06. The summed E-state index contributed by atoms with van der Waals surface area (Å²) in [6.45, 7) is 6.46. The number of nitrogens with zero attached hydrogens (tertiary/aromatic N) is 1. The summed E-state index contributed by atoms with van der Waals surface area (Å²) in [5, 5.41) is 14.4. The van der Waals surface area contributed by atoms with Gasteiger partial charge < -0.3 is 21.3 Å². The maximum absolute atomic E-state index is 13.0. The fraction of sp³-hybridized carbons (Fsp3) is 0.591. The number of carbonyl (C=O) groups excluding carboxylic acids is 2. The molecule has 31 heavy (non-hydrogen) atoms. The summed E-state index contributed by atoms with van der Waals surface area (Å²) in [5.74, 6) is 0.177. The maximum atomic E-state index is 13.0. The van der Waals surface area contributed by atoms with Gasteiger partial charge in [0, 0.05) is 42.8 Å². The summed E-state index contributed by atoms with van der Waals surface area (Å²) in [7, 11) is 0. The second-order valence-electron chi connectivity index (χ2n) is 8.58. The molecule has 0 radical (unpaired) electrons. The summed E-state index contributed by atoms with van der Waals surface area (Å²) in [5.41, 5.74) is 5.90. The normalized spacial score (nSPS) is 26.5. The highest BCUT2D eigenvalue weighted by atomic mass is 35.5. The predicted molar refractivity (Wildman–Crippen MR) is 125 cm³/mol. The van der Waals surface area contributed by atoms with Crippen LogP contribution in [0.3, 0.4) is 0 Å². The van der Waals surface area contributed by atoms with Crippen molar-refractivity contribution in [1.29, 1.82) is 5.41 Å². The molecule has 2 amide bonds. The second kappa shape index (κ2) is 9.76. The molecule has 0 bridgehead atoms. The van der Waals surface area contributed by atoms with E-state index in [1.165, 1.54) is 0 Å². The minimum atomic E-state index is -0.806. The molecule has 1 aliphatic heterocycles. The molecule has 0 spiro atoms. The van der Waals surface area contributed by atoms with Gasteiger partial charge in [0.05, 0.1) is 6.54 Å². The molecule has 1 aliphatic carbocycles. The molecule has 1 heterocycles. The summed E-state index contributed by atoms with van der Waals surface area (Å²) < 4.78 is -0.639. The highest BCUT2D eigenvalue weighted by molar-refractivity contribution is 6.51. The van der Waals surface area contributed by atoms with Crippen LogP contribution in [0.5, 0.6) is 0 Å². The largest absolute Gasteiger partial charge is 0.376 e. The van der Waals surface area contributed by atoms with Crippen LogP contribution < -0.4 is 16.4 Å². The molecule has 1 aromatic rings. The van der Waals surface area contributed by atoms with E-state index < -0.39 is 10.2 Å². The summed E-state index contributed by atoms with van der Waals surface area (Å²) in [6.07, 6.45) is 1.99. The molecule has 0 aromatic heterocycles. The van der Waals surface area contributed by atoms with Crippen molar-refractivity contribution in [3.63, 3.8) is 0 Å². The van der Waals surface area contributed by atoms with Crippen molar-refractivity contribution in [2.24, 2.45) is 23.5 Å². The number of rotatable bonds is 10. The first-order valence-electron chi connectivity index (χ1n) is 10.8. The Morgan fingerprint density at radius 2 is 1.97 bits per heavy atom. The molecule has 4 unspecified atom stereocenters. The molecule has 7 nitrogen and oxygen atoms in total. The van der Waals surface area contributed by atoms with Gasteiger partial charge >= 0.3 is 0 Å². The number of carbonyl (C=O) groups is 2. The zero-order valence-electron chi connectivity index (χ0n) is 18.0. The molecule has 1 saturated heterocycles. The number of likely N-dealkylation sites (tertiary alicyclic amines) is 1. The highest BCUT2D eigenvalue weighted by Crippen LogP contribution is 2.58. The Balaban J connectivity index is 1.58. The number of anilines is 1. The summed E-state index contributed by atoms with van der Waals surface area (Å²) in [4.78, 5) is 26.3. The SMILES string of the molecule is CCC1CC(CNCC2C(C)C2(Cl)Cl)N(C(=O)CNc2ccccc2C(=N)C(N)=O)C1. The van der Waals surface area contributed by atoms with Crippen LogP contribution in [0.4, 0.5) is 5.69 Å². The van der Waals surface area contributed by atoms with E-state index in [1.807, 2.05) is 11.8 Å². The lowest BCUT2D eigenvalue weighted by atomic mass is 10.0. The monoisotopic (exact) mass is 467 g/mol. The van der Waals surface area contributed by atoms with E-state index in [9.17, 15) is 9.59 Å². The Morgan fingerprint density at radius 1 is 1.29 bits per heavy atom. The number of primary amides is 1. The minimum absolute atomic E-state index is 0.00742. The van der Waals surface area contributed by atoms with Crippen LogP contribution in [0.15, 0.2) is 24.3 Å². The minimum Gasteiger partial charge on any atom is -0.376 e. The third-order valence-electron chi connectivity index (χ3n) is 6.61. The molecule has 170 valence electrons. The molecule has 1 aromatic carbocycles. The Bertz CT molecular complexity index is 847. The Kier molecular flexibility index (Phi) is 7.50. The average Bonchev–Trinajstić information content (AvgIpc) is 3.07. The van der Waals surface area contributed by atoms with E-state index in [4.69, 9.17) is 34.3 Å². The molecule has 1 saturated carbocycles. The van der Waals surface area contributed by atoms with Gasteiger partial charge in [-0.15, -0.1) is 23.2 Å². The topological polar surface area (TPSA) is 111 Å². The van der Waals surface area contributed by atoms with Crippen LogP contribution in [0, 0.1) is 23.2 Å². The molecule has 9 heteroatoms. The maximum Gasteiger partial charge on any atom is 0.267 e. The molecular formula is C22H31Cl2N5O2. The van der Waals surface area contributed by atoms with E-state index in [1.54, 1.807) is 24.3 Å². The number of halogens is 2. The smallest absolute Gasteiger partial charge is 0.267 e. The van der Waals surface area contributed by atoms with Crippen molar-refractivity contribution in [2.75, 3.05) is 31.5 Å². The molecular weight excluding hydrogens is 437 g/mol. The summed E-state index contributed by atoms with van der Waals surface area (Å²) >= 11 is 12.5. The highest BCUT2D eigenvalue weighted by Gasteiger charge is 2.59. The number of nitrogens with two attached hydrogens (primary N) is 1. The molecule has 2 aliphatic rings. The van der Waals surface area contributed by atoms with Crippen molar-refractivity contribution in [1.82, 2.24) is 10.2 Å². The van der Waals surface area contributed by atoms with Crippen LogP contribution in [-0.2, 0) is 9.59 Å². The van der Waals surface area contributed by atoms with Crippen molar-refractivity contribution >= 4 is 46.4 Å². The molecule has 4 atom stereocenters. The van der Waals surface area contributed by atoms with Crippen LogP contribution >= 0.6 is 23.2 Å². The quantitative estimate of drug-likeness (QED) is 0.313. The second-order valence-corrected chi connectivity index (χ2v) is 10.0. The Hall–Kier alpha value is -1.83. The third-order valence-corrected chi connectivity index (χ3v) is 7.86. The van der Waals surface area contributed by atoms with Crippen molar-refractivity contribution in [2.45, 2.75) is 37.1 Å². The number of alkyl halides is 2. The van der Waals surface area contributed by atoms with Gasteiger partial charge in [-0.3, -0.25) is 15.0 Å². The lowest BCUT2D eigenvalue weighted by Crippen LogP contribution is -2.44. The first-order chi connectivity index (χ1) is 14.7. The lowest BCUT2D eigenvalue weighted by Gasteiger charge is -2.26. The Labute approximate surface area is 193 Å². The molecule has 5 N–H and O–H groups in total. The van der Waals surface area contributed by atoms with Gasteiger partial charge in [-0.2, -0.15) is 0 Å². The predicted octanol–water partition coefficient (Wildman–Crippen LogP) is 2.61. The van der Waals surface area contributed by atoms with Gasteiger partial charge in [0.2, 0.25) is 5.91 Å². The Morgan fingerprint density at radius 3 is 2.58 bits per heavy atom. The number of nitrogens with one attached hydrogen (secondary N) is 3. The van der Waals surface area contributed by atoms with Gasteiger partial charge in [-0.25, -0.2) is 0 Å². The van der Waals surface area contributed by atoms with Crippen LogP contribution in [-0.4, -0.2) is 59.0 Å². The van der Waals surface area contributed by atoms with Gasteiger partial charge in [-0.1, -0.05) is 38.5 Å². The van der Waals surface area contributed by atoms with Gasteiger partial charge in [0.1, 0.15) is 10.0 Å². The van der Waals surface area contributed by atoms with Crippen molar-refractivity contribution in [3.05, 3.63) is 29.8 Å². The van der Waals surface area contributed by atoms with Crippen molar-refractivity contribution < 1.29 is 9.59 Å². The molecule has 3 rings (SSSR count). The van der Waals surface area contributed by atoms with E-state index in [2.05, 4.69) is 17.6 Å². The standard InChI is InChI=1S/C22H31Cl2N5O2/c1-3-14-8-15(9-27-10-17-13(2)22(17,23)24)29(12-14)19(30)11-28-18-7-5-4-6-16(18)20(25)21(26)31/h4-7,13-15,17,25,27-28H,3,8-12H2,1-2H3,(H2,26,31). The fourth-order valence-electron chi connectivity index (χ4n) is 4.35. The third kappa shape index (κ3) is 5.33. The zero-order valence-corrected chi connectivity index (χ0v) is 19.5. The number of amides is 2. The summed E-state index contributed by atoms with van der Waals surface area (Å²) in [6, 6.07) is 7.01. The zero-order chi connectivity index (χ0) is 22.8. The van der Waals surface area contributed by atoms with E-state index >= 15 is 0 Å².